The molecule has 0 radical (unpaired) electrons. The van der Waals surface area contributed by atoms with Gasteiger partial charge in [-0.05, 0) is 12.8 Å². The normalized spacial score (nSPS) is 9.88. The van der Waals surface area contributed by atoms with Gasteiger partial charge in [-0.25, -0.2) is 5.84 Å². The summed E-state index contributed by atoms with van der Waals surface area (Å²) in [5, 5.41) is 2.60. The summed E-state index contributed by atoms with van der Waals surface area (Å²) in [5.74, 6) is 4.97. The highest BCUT2D eigenvalue weighted by Gasteiger charge is 1.99. The molecule has 0 aliphatic rings. The Morgan fingerprint density at radius 1 is 0.875 bits per heavy atom. The van der Waals surface area contributed by atoms with E-state index in [1.54, 1.807) is 7.05 Å². The first-order valence-electron chi connectivity index (χ1n) is 5.90. The molecule has 0 atom stereocenters. The summed E-state index contributed by atoms with van der Waals surface area (Å²) in [6.45, 7) is 0. The second-order valence-electron chi connectivity index (χ2n) is 3.86. The van der Waals surface area contributed by atoms with E-state index in [0.717, 1.165) is 38.5 Å². The van der Waals surface area contributed by atoms with Crippen molar-refractivity contribution >= 4 is 11.8 Å². The van der Waals surface area contributed by atoms with Crippen LogP contribution in [0.1, 0.15) is 51.4 Å². The molecule has 0 aliphatic carbocycles. The van der Waals surface area contributed by atoms with Crippen molar-refractivity contribution in [3.63, 3.8) is 0 Å². The van der Waals surface area contributed by atoms with Gasteiger partial charge in [-0.1, -0.05) is 25.7 Å². The zero-order valence-corrected chi connectivity index (χ0v) is 10.1. The summed E-state index contributed by atoms with van der Waals surface area (Å²) in [4.78, 5) is 21.7. The first-order valence-corrected chi connectivity index (χ1v) is 5.90. The molecule has 0 bridgehead atoms. The van der Waals surface area contributed by atoms with Crippen molar-refractivity contribution in [3.8, 4) is 0 Å². The minimum absolute atomic E-state index is 0.0976. The molecule has 4 N–H and O–H groups in total. The number of nitrogens with two attached hydrogens (primary N) is 1. The summed E-state index contributed by atoms with van der Waals surface area (Å²) in [5.41, 5.74) is 2.11. The molecule has 0 fully saturated rings. The molecule has 5 heteroatoms. The molecule has 5 nitrogen and oxygen atoms in total. The Hall–Kier alpha value is -1.10. The van der Waals surface area contributed by atoms with Gasteiger partial charge in [0.15, 0.2) is 0 Å². The zero-order chi connectivity index (χ0) is 12.2. The molecule has 0 unspecified atom stereocenters. The average Bonchev–Trinajstić information content (AvgIpc) is 2.31. The Kier molecular flexibility index (Phi) is 9.70. The molecule has 0 rings (SSSR count). The number of hydrogen-bond donors (Lipinski definition) is 3. The lowest BCUT2D eigenvalue weighted by Crippen LogP contribution is -2.29. The van der Waals surface area contributed by atoms with E-state index in [1.807, 2.05) is 0 Å². The molecule has 0 aromatic carbocycles. The van der Waals surface area contributed by atoms with Crippen LogP contribution in [0.2, 0.25) is 0 Å². The number of carbonyl (C=O) groups is 2. The smallest absolute Gasteiger partial charge is 0.233 e. The van der Waals surface area contributed by atoms with Crippen LogP contribution in [0.3, 0.4) is 0 Å². The molecule has 0 heterocycles. The van der Waals surface area contributed by atoms with Crippen LogP contribution in [0, 0.1) is 0 Å². The number of hydrazine groups is 1. The highest BCUT2D eigenvalue weighted by Crippen LogP contribution is 2.08. The van der Waals surface area contributed by atoms with Gasteiger partial charge in [0, 0.05) is 19.9 Å². The Labute approximate surface area is 97.1 Å². The lowest BCUT2D eigenvalue weighted by molar-refractivity contribution is -0.121. The summed E-state index contributed by atoms with van der Waals surface area (Å²) in [6.07, 6.45) is 7.33. The Morgan fingerprint density at radius 2 is 1.31 bits per heavy atom. The van der Waals surface area contributed by atoms with Crippen molar-refractivity contribution in [1.82, 2.24) is 10.7 Å². The van der Waals surface area contributed by atoms with Crippen LogP contribution in [-0.2, 0) is 9.59 Å². The second kappa shape index (κ2) is 10.4. The van der Waals surface area contributed by atoms with Gasteiger partial charge in [0.25, 0.3) is 0 Å². The van der Waals surface area contributed by atoms with Crippen molar-refractivity contribution in [3.05, 3.63) is 0 Å². The third-order valence-corrected chi connectivity index (χ3v) is 2.50. The third kappa shape index (κ3) is 9.45. The van der Waals surface area contributed by atoms with Crippen LogP contribution in [0.25, 0.3) is 0 Å². The lowest BCUT2D eigenvalue weighted by atomic mass is 10.1. The monoisotopic (exact) mass is 229 g/mol. The number of carbonyl (C=O) groups excluding carboxylic acids is 2. The van der Waals surface area contributed by atoms with Gasteiger partial charge >= 0.3 is 0 Å². The molecule has 0 saturated heterocycles. The fraction of sp³-hybridized carbons (Fsp3) is 0.818. The topological polar surface area (TPSA) is 84.2 Å². The number of rotatable bonds is 9. The Morgan fingerprint density at radius 3 is 1.75 bits per heavy atom. The zero-order valence-electron chi connectivity index (χ0n) is 10.1. The van der Waals surface area contributed by atoms with Crippen molar-refractivity contribution < 1.29 is 9.59 Å². The van der Waals surface area contributed by atoms with Crippen LogP contribution < -0.4 is 16.6 Å². The summed E-state index contributed by atoms with van der Waals surface area (Å²) in [6, 6.07) is 0. The van der Waals surface area contributed by atoms with Crippen molar-refractivity contribution in [2.45, 2.75) is 51.4 Å². The lowest BCUT2D eigenvalue weighted by Gasteiger charge is -2.01. The van der Waals surface area contributed by atoms with Gasteiger partial charge in [0.2, 0.25) is 11.8 Å². The molecule has 0 aliphatic heterocycles. The van der Waals surface area contributed by atoms with E-state index in [1.165, 1.54) is 0 Å². The second-order valence-corrected chi connectivity index (χ2v) is 3.86. The molecule has 0 aromatic rings. The van der Waals surface area contributed by atoms with Crippen molar-refractivity contribution in [2.75, 3.05) is 7.05 Å². The molecular formula is C11H23N3O2. The average molecular weight is 229 g/mol. The van der Waals surface area contributed by atoms with Gasteiger partial charge < -0.3 is 5.32 Å². The Bertz CT molecular complexity index is 185. The van der Waals surface area contributed by atoms with Gasteiger partial charge in [-0.3, -0.25) is 15.0 Å². The van der Waals surface area contributed by atoms with Crippen LogP contribution in [0.4, 0.5) is 0 Å². The predicted molar refractivity (Wildman–Crippen MR) is 63.3 cm³/mol. The van der Waals surface area contributed by atoms with E-state index in [4.69, 9.17) is 5.84 Å². The van der Waals surface area contributed by atoms with E-state index in [-0.39, 0.29) is 11.8 Å². The standard InChI is InChI=1S/C11H23N3O2/c1-13-10(15)8-6-4-2-3-5-7-9-11(16)14-12/h2-9,12H2,1H3,(H,13,15)(H,14,16). The maximum Gasteiger partial charge on any atom is 0.233 e. The summed E-state index contributed by atoms with van der Waals surface area (Å²) < 4.78 is 0. The number of amides is 2. The van der Waals surface area contributed by atoms with E-state index in [2.05, 4.69) is 10.7 Å². The van der Waals surface area contributed by atoms with Crippen molar-refractivity contribution in [1.29, 1.82) is 0 Å². The highest BCUT2D eigenvalue weighted by atomic mass is 16.2. The number of nitrogens with one attached hydrogen (secondary N) is 2. The third-order valence-electron chi connectivity index (χ3n) is 2.50. The largest absolute Gasteiger partial charge is 0.359 e. The van der Waals surface area contributed by atoms with Crippen molar-refractivity contribution in [2.24, 2.45) is 5.84 Å². The van der Waals surface area contributed by atoms with E-state index in [0.29, 0.717) is 12.8 Å². The van der Waals surface area contributed by atoms with E-state index < -0.39 is 0 Å². The maximum atomic E-state index is 10.9. The first kappa shape index (κ1) is 14.9. The van der Waals surface area contributed by atoms with Gasteiger partial charge in [-0.2, -0.15) is 0 Å². The minimum Gasteiger partial charge on any atom is -0.359 e. The van der Waals surface area contributed by atoms with Gasteiger partial charge in [0.05, 0.1) is 0 Å². The predicted octanol–water partition coefficient (Wildman–Crippen LogP) is 0.843. The molecular weight excluding hydrogens is 206 g/mol. The van der Waals surface area contributed by atoms with E-state index in [9.17, 15) is 9.59 Å². The minimum atomic E-state index is -0.0976. The van der Waals surface area contributed by atoms with Crippen LogP contribution in [-0.4, -0.2) is 18.9 Å². The molecule has 0 aromatic heterocycles. The quantitative estimate of drug-likeness (QED) is 0.237. The maximum absolute atomic E-state index is 10.9. The SMILES string of the molecule is CNC(=O)CCCCCCCCC(=O)NN. The summed E-state index contributed by atoms with van der Waals surface area (Å²) >= 11 is 0. The molecule has 0 saturated carbocycles. The number of unbranched alkanes of at least 4 members (excludes halogenated alkanes) is 5. The van der Waals surface area contributed by atoms with E-state index >= 15 is 0 Å². The fourth-order valence-corrected chi connectivity index (χ4v) is 1.48. The first-order chi connectivity index (χ1) is 7.70. The fourth-order valence-electron chi connectivity index (χ4n) is 1.48. The van der Waals surface area contributed by atoms with Crippen LogP contribution >= 0.6 is 0 Å². The molecule has 2 amide bonds. The molecule has 0 spiro atoms. The Balaban J connectivity index is 3.10. The van der Waals surface area contributed by atoms with Gasteiger partial charge in [-0.15, -0.1) is 0 Å². The molecule has 94 valence electrons. The highest BCUT2D eigenvalue weighted by molar-refractivity contribution is 5.75. The summed E-state index contributed by atoms with van der Waals surface area (Å²) in [7, 11) is 1.66. The van der Waals surface area contributed by atoms with Gasteiger partial charge in [0.1, 0.15) is 0 Å². The molecule has 16 heavy (non-hydrogen) atoms. The number of hydrogen-bond acceptors (Lipinski definition) is 3. The van der Waals surface area contributed by atoms with Crippen LogP contribution in [0.5, 0.6) is 0 Å². The van der Waals surface area contributed by atoms with Crippen LogP contribution in [0.15, 0.2) is 0 Å².